The lowest BCUT2D eigenvalue weighted by Gasteiger charge is -2.06. The molecule has 2 aromatic carbocycles. The quantitative estimate of drug-likeness (QED) is 0.673. The average molecular weight is 377 g/mol. The van der Waals surface area contributed by atoms with Crippen LogP contribution in [-0.2, 0) is 6.42 Å². The number of rotatable bonds is 5. The molecular weight excluding hydrogens is 363 g/mol. The van der Waals surface area contributed by atoms with Gasteiger partial charge in [0.2, 0.25) is 0 Å². The zero-order valence-electron chi connectivity index (χ0n) is 12.6. The van der Waals surface area contributed by atoms with Crippen LogP contribution >= 0.6 is 34.5 Å². The van der Waals surface area contributed by atoms with Gasteiger partial charge in [-0.15, -0.1) is 11.3 Å². The van der Waals surface area contributed by atoms with E-state index < -0.39 is 0 Å². The van der Waals surface area contributed by atoms with Crippen LogP contribution in [0.15, 0.2) is 53.9 Å². The maximum atomic E-state index is 12.1. The topological polar surface area (TPSA) is 42.0 Å². The molecule has 1 amide bonds. The highest BCUT2D eigenvalue weighted by Crippen LogP contribution is 2.23. The van der Waals surface area contributed by atoms with Gasteiger partial charge < -0.3 is 5.32 Å². The molecule has 0 saturated carbocycles. The van der Waals surface area contributed by atoms with E-state index >= 15 is 0 Å². The van der Waals surface area contributed by atoms with E-state index in [-0.39, 0.29) is 5.91 Å². The van der Waals surface area contributed by atoms with Crippen LogP contribution in [-0.4, -0.2) is 17.4 Å². The van der Waals surface area contributed by atoms with Crippen molar-refractivity contribution in [1.82, 2.24) is 10.3 Å². The lowest BCUT2D eigenvalue weighted by atomic mass is 10.2. The number of carbonyl (C=O) groups is 1. The highest BCUT2D eigenvalue weighted by molar-refractivity contribution is 7.13. The summed E-state index contributed by atoms with van der Waals surface area (Å²) >= 11 is 13.5. The van der Waals surface area contributed by atoms with Crippen molar-refractivity contribution >= 4 is 40.4 Å². The van der Waals surface area contributed by atoms with E-state index in [0.717, 1.165) is 16.3 Å². The Morgan fingerprint density at radius 3 is 2.67 bits per heavy atom. The molecule has 122 valence electrons. The number of nitrogens with one attached hydrogen (secondary N) is 1. The van der Waals surface area contributed by atoms with Gasteiger partial charge in [-0.05, 0) is 18.2 Å². The van der Waals surface area contributed by atoms with Crippen LogP contribution in [0.3, 0.4) is 0 Å². The van der Waals surface area contributed by atoms with E-state index in [2.05, 4.69) is 10.3 Å². The molecule has 0 bridgehead atoms. The molecule has 1 N–H and O–H groups in total. The van der Waals surface area contributed by atoms with Crippen LogP contribution in [0.5, 0.6) is 0 Å². The summed E-state index contributed by atoms with van der Waals surface area (Å²) in [5.41, 5.74) is 2.48. The molecule has 3 aromatic rings. The number of halogens is 2. The Kier molecular flexibility index (Phi) is 5.51. The third-order valence-corrected chi connectivity index (χ3v) is 4.90. The normalized spacial score (nSPS) is 10.6. The van der Waals surface area contributed by atoms with Crippen molar-refractivity contribution in [2.24, 2.45) is 0 Å². The van der Waals surface area contributed by atoms with Gasteiger partial charge >= 0.3 is 0 Å². The molecule has 6 heteroatoms. The highest BCUT2D eigenvalue weighted by Gasteiger charge is 2.11. The smallest absolute Gasteiger partial charge is 0.252 e. The van der Waals surface area contributed by atoms with E-state index in [4.69, 9.17) is 23.2 Å². The molecule has 0 unspecified atom stereocenters. The molecule has 0 aliphatic carbocycles. The van der Waals surface area contributed by atoms with Crippen molar-refractivity contribution in [1.29, 1.82) is 0 Å². The maximum absolute atomic E-state index is 12.1. The first-order valence-corrected chi connectivity index (χ1v) is 9.00. The first-order chi connectivity index (χ1) is 11.6. The van der Waals surface area contributed by atoms with Crippen molar-refractivity contribution in [3.05, 3.63) is 75.2 Å². The molecule has 3 rings (SSSR count). The van der Waals surface area contributed by atoms with Crippen molar-refractivity contribution < 1.29 is 4.79 Å². The number of carbonyl (C=O) groups excluding carboxylic acids is 1. The van der Waals surface area contributed by atoms with Crippen molar-refractivity contribution in [3.63, 3.8) is 0 Å². The second-order valence-electron chi connectivity index (χ2n) is 5.14. The molecule has 0 saturated heterocycles. The number of aromatic nitrogens is 1. The number of hydrogen-bond donors (Lipinski definition) is 1. The Hall–Kier alpha value is -1.88. The van der Waals surface area contributed by atoms with Crippen molar-refractivity contribution in [3.8, 4) is 10.6 Å². The van der Waals surface area contributed by atoms with Gasteiger partial charge in [0.15, 0.2) is 0 Å². The molecule has 0 fully saturated rings. The first-order valence-electron chi connectivity index (χ1n) is 7.36. The van der Waals surface area contributed by atoms with Crippen molar-refractivity contribution in [2.75, 3.05) is 6.54 Å². The average Bonchev–Trinajstić information content (AvgIpc) is 3.04. The standard InChI is InChI=1S/C18H14Cl2N2OS/c19-13-6-7-15(16(20)10-13)17(23)21-9-8-14-11-24-18(22-14)12-4-2-1-3-5-12/h1-7,10-11H,8-9H2,(H,21,23). The van der Waals surface area contributed by atoms with Crippen LogP contribution in [0, 0.1) is 0 Å². The number of hydrogen-bond acceptors (Lipinski definition) is 3. The van der Waals surface area contributed by atoms with E-state index in [9.17, 15) is 4.79 Å². The Balaban J connectivity index is 1.57. The molecule has 0 radical (unpaired) electrons. The summed E-state index contributed by atoms with van der Waals surface area (Å²) in [6.07, 6.45) is 0.667. The highest BCUT2D eigenvalue weighted by atomic mass is 35.5. The van der Waals surface area contributed by atoms with Gasteiger partial charge in [0.25, 0.3) is 5.91 Å². The summed E-state index contributed by atoms with van der Waals surface area (Å²) in [6.45, 7) is 0.496. The van der Waals surface area contributed by atoms with Gasteiger partial charge in [-0.25, -0.2) is 4.98 Å². The maximum Gasteiger partial charge on any atom is 0.252 e. The molecule has 0 aliphatic rings. The Morgan fingerprint density at radius 1 is 1.12 bits per heavy atom. The minimum absolute atomic E-state index is 0.213. The summed E-state index contributed by atoms with van der Waals surface area (Å²) in [6, 6.07) is 14.9. The molecule has 3 nitrogen and oxygen atoms in total. The first kappa shape index (κ1) is 17.0. The third-order valence-electron chi connectivity index (χ3n) is 3.41. The summed E-state index contributed by atoms with van der Waals surface area (Å²) in [5.74, 6) is -0.213. The fourth-order valence-electron chi connectivity index (χ4n) is 2.21. The zero-order valence-corrected chi connectivity index (χ0v) is 15.0. The predicted molar refractivity (Wildman–Crippen MR) is 100 cm³/mol. The molecule has 0 spiro atoms. The summed E-state index contributed by atoms with van der Waals surface area (Å²) in [4.78, 5) is 16.7. The van der Waals surface area contributed by atoms with Gasteiger partial charge in [0.1, 0.15) is 5.01 Å². The van der Waals surface area contributed by atoms with Crippen molar-refractivity contribution in [2.45, 2.75) is 6.42 Å². The second kappa shape index (κ2) is 7.79. The summed E-state index contributed by atoms with van der Waals surface area (Å²) in [5, 5.41) is 6.71. The SMILES string of the molecule is O=C(NCCc1csc(-c2ccccc2)n1)c1ccc(Cl)cc1Cl. The fraction of sp³-hybridized carbons (Fsp3) is 0.111. The molecule has 1 aromatic heterocycles. The van der Waals surface area contributed by atoms with E-state index in [0.29, 0.717) is 28.6 Å². The van der Waals surface area contributed by atoms with Crippen LogP contribution < -0.4 is 5.32 Å². The predicted octanol–water partition coefficient (Wildman–Crippen LogP) is 5.09. The minimum atomic E-state index is -0.213. The zero-order chi connectivity index (χ0) is 16.9. The van der Waals surface area contributed by atoms with Crippen LogP contribution in [0.25, 0.3) is 10.6 Å². The Morgan fingerprint density at radius 2 is 1.92 bits per heavy atom. The number of nitrogens with zero attached hydrogens (tertiary/aromatic N) is 1. The fourth-order valence-corrected chi connectivity index (χ4v) is 3.56. The largest absolute Gasteiger partial charge is 0.352 e. The molecular formula is C18H14Cl2N2OS. The summed E-state index contributed by atoms with van der Waals surface area (Å²) in [7, 11) is 0. The number of amides is 1. The van der Waals surface area contributed by atoms with Crippen LogP contribution in [0.4, 0.5) is 0 Å². The molecule has 24 heavy (non-hydrogen) atoms. The third kappa shape index (κ3) is 4.15. The molecule has 0 atom stereocenters. The Bertz CT molecular complexity index is 849. The minimum Gasteiger partial charge on any atom is -0.352 e. The lowest BCUT2D eigenvalue weighted by molar-refractivity contribution is 0.0954. The lowest BCUT2D eigenvalue weighted by Crippen LogP contribution is -2.26. The van der Waals surface area contributed by atoms with Gasteiger partial charge in [-0.3, -0.25) is 4.79 Å². The molecule has 1 heterocycles. The van der Waals surface area contributed by atoms with Gasteiger partial charge in [-0.2, -0.15) is 0 Å². The molecule has 0 aliphatic heterocycles. The summed E-state index contributed by atoms with van der Waals surface area (Å²) < 4.78 is 0. The Labute approximate surface area is 154 Å². The van der Waals surface area contributed by atoms with E-state index in [1.807, 2.05) is 35.7 Å². The second-order valence-corrected chi connectivity index (χ2v) is 6.84. The number of thiazole rings is 1. The monoisotopic (exact) mass is 376 g/mol. The van der Waals surface area contributed by atoms with Crippen LogP contribution in [0.1, 0.15) is 16.1 Å². The number of benzene rings is 2. The van der Waals surface area contributed by atoms with E-state index in [1.165, 1.54) is 0 Å². The van der Waals surface area contributed by atoms with E-state index in [1.54, 1.807) is 29.5 Å². The van der Waals surface area contributed by atoms with Crippen LogP contribution in [0.2, 0.25) is 10.0 Å². The van der Waals surface area contributed by atoms with Gasteiger partial charge in [0, 0.05) is 28.9 Å². The van der Waals surface area contributed by atoms with Gasteiger partial charge in [0.05, 0.1) is 16.3 Å². The van der Waals surface area contributed by atoms with Gasteiger partial charge in [-0.1, -0.05) is 53.5 Å².